The predicted octanol–water partition coefficient (Wildman–Crippen LogP) is 3.30. The first-order chi connectivity index (χ1) is 20.4. The van der Waals surface area contributed by atoms with Crippen LogP contribution in [0.2, 0.25) is 0 Å². The number of imidazole rings is 1. The van der Waals surface area contributed by atoms with Crippen LogP contribution in [0.25, 0.3) is 10.1 Å². The lowest BCUT2D eigenvalue weighted by Crippen LogP contribution is -2.60. The largest absolute Gasteiger partial charge is 0.399 e. The highest BCUT2D eigenvalue weighted by Crippen LogP contribution is 2.59. The van der Waals surface area contributed by atoms with Crippen LogP contribution in [0.4, 0.5) is 8.78 Å². The van der Waals surface area contributed by atoms with Crippen molar-refractivity contribution in [3.63, 3.8) is 0 Å². The van der Waals surface area contributed by atoms with Gasteiger partial charge in [-0.2, -0.15) is 8.78 Å². The van der Waals surface area contributed by atoms with Gasteiger partial charge >= 0.3 is 13.3 Å². The Kier molecular flexibility index (Phi) is 6.77. The van der Waals surface area contributed by atoms with Crippen molar-refractivity contribution in [1.29, 1.82) is 0 Å². The zero-order valence-electron chi connectivity index (χ0n) is 22.9. The number of carbonyl (C=O) groups is 3. The maximum Gasteiger partial charge on any atom is 0.399 e. The van der Waals surface area contributed by atoms with Crippen LogP contribution in [0.15, 0.2) is 43.0 Å². The molecule has 1 saturated carbocycles. The fourth-order valence-corrected chi connectivity index (χ4v) is 8.31. The Morgan fingerprint density at radius 1 is 1.07 bits per heavy atom. The molecule has 1 aliphatic carbocycles. The smallest absolute Gasteiger partial charge is 0.340 e. The number of fused-ring (bicyclic) bond motifs is 3. The SMILES string of the molecule is O=C(N[C@H]1C[C@H]2C[C@H]2C[C@H]2CC[C@@H](C(=O)N3CC(n4ccnc4)C3)N2C1=O)c1cc2cc(C(F)(F)P(=O)(O)O)ccc2s1. The number of nitrogens with one attached hydrogen (secondary N) is 1. The average Bonchev–Trinajstić information content (AvgIpc) is 3.34. The van der Waals surface area contributed by atoms with Crippen LogP contribution in [0.1, 0.15) is 53.4 Å². The van der Waals surface area contributed by atoms with Gasteiger partial charge in [0.2, 0.25) is 11.8 Å². The third-order valence-electron chi connectivity index (χ3n) is 9.40. The Balaban J connectivity index is 1.08. The number of hydrogen-bond acceptors (Lipinski definition) is 6. The van der Waals surface area contributed by atoms with Crippen LogP contribution in [-0.4, -0.2) is 78.1 Å². The zero-order valence-corrected chi connectivity index (χ0v) is 24.6. The van der Waals surface area contributed by atoms with E-state index in [1.54, 1.807) is 22.3 Å². The lowest BCUT2D eigenvalue weighted by molar-refractivity contribution is -0.150. The summed E-state index contributed by atoms with van der Waals surface area (Å²) >= 11 is 1.04. The summed E-state index contributed by atoms with van der Waals surface area (Å²) in [5.41, 5.74) is -5.21. The van der Waals surface area contributed by atoms with E-state index in [9.17, 15) is 27.7 Å². The van der Waals surface area contributed by atoms with Gasteiger partial charge in [0, 0.05) is 41.8 Å². The third-order valence-corrected chi connectivity index (χ3v) is 11.5. The molecule has 4 aliphatic rings. The number of amides is 3. The average molecular weight is 634 g/mol. The van der Waals surface area contributed by atoms with Crippen LogP contribution < -0.4 is 5.32 Å². The third kappa shape index (κ3) is 4.98. The van der Waals surface area contributed by atoms with Crippen molar-refractivity contribution >= 4 is 46.7 Å². The highest BCUT2D eigenvalue weighted by atomic mass is 32.1. The number of nitrogens with zero attached hydrogens (tertiary/aromatic N) is 4. The molecule has 3 amide bonds. The fourth-order valence-electron chi connectivity index (χ4n) is 6.89. The summed E-state index contributed by atoms with van der Waals surface area (Å²) in [4.78, 5) is 66.9. The summed E-state index contributed by atoms with van der Waals surface area (Å²) in [6.45, 7) is 1.11. The lowest BCUT2D eigenvalue weighted by Gasteiger charge is -2.43. The molecule has 43 heavy (non-hydrogen) atoms. The topological polar surface area (TPSA) is 145 Å². The quantitative estimate of drug-likeness (QED) is 0.354. The molecule has 3 N–H and O–H groups in total. The molecule has 5 atom stereocenters. The van der Waals surface area contributed by atoms with E-state index in [0.717, 1.165) is 42.7 Å². The second kappa shape index (κ2) is 10.2. The van der Waals surface area contributed by atoms with Crippen molar-refractivity contribution in [2.75, 3.05) is 13.1 Å². The second-order valence-corrected chi connectivity index (χ2v) is 14.8. The van der Waals surface area contributed by atoms with Crippen molar-refractivity contribution in [2.24, 2.45) is 11.8 Å². The van der Waals surface area contributed by atoms with Gasteiger partial charge in [0.15, 0.2) is 0 Å². The van der Waals surface area contributed by atoms with E-state index in [0.29, 0.717) is 42.5 Å². The number of aromatic nitrogens is 2. The molecule has 2 aromatic heterocycles. The van der Waals surface area contributed by atoms with Gasteiger partial charge in [-0.1, -0.05) is 6.07 Å². The van der Waals surface area contributed by atoms with Crippen molar-refractivity contribution in [3.8, 4) is 0 Å². The normalized spacial score (nSPS) is 27.7. The van der Waals surface area contributed by atoms with Crippen molar-refractivity contribution in [3.05, 3.63) is 53.4 Å². The number of benzene rings is 1. The minimum Gasteiger partial charge on any atom is -0.340 e. The highest BCUT2D eigenvalue weighted by molar-refractivity contribution is 7.52. The molecular formula is C28H30F2N5O6PS. The molecular weight excluding hydrogens is 603 g/mol. The first kappa shape index (κ1) is 28.6. The number of carbonyl (C=O) groups excluding carboxylic acids is 3. The van der Waals surface area contributed by atoms with Crippen molar-refractivity contribution in [2.45, 2.75) is 61.9 Å². The first-order valence-electron chi connectivity index (χ1n) is 14.3. The van der Waals surface area contributed by atoms with Gasteiger partial charge < -0.3 is 29.5 Å². The minimum atomic E-state index is -5.74. The van der Waals surface area contributed by atoms with Crippen LogP contribution in [-0.2, 0) is 19.8 Å². The van der Waals surface area contributed by atoms with E-state index < -0.39 is 36.8 Å². The Hall–Kier alpha value is -3.19. The van der Waals surface area contributed by atoms with E-state index in [1.807, 2.05) is 10.8 Å². The van der Waals surface area contributed by atoms with Crippen LogP contribution in [0.3, 0.4) is 0 Å². The molecule has 5 heterocycles. The molecule has 3 aliphatic heterocycles. The summed E-state index contributed by atoms with van der Waals surface area (Å²) in [6.07, 6.45) is 8.91. The summed E-state index contributed by atoms with van der Waals surface area (Å²) in [6, 6.07) is 3.29. The van der Waals surface area contributed by atoms with E-state index >= 15 is 0 Å². The van der Waals surface area contributed by atoms with Gasteiger partial charge in [-0.15, -0.1) is 11.3 Å². The Labute approximate surface area is 249 Å². The summed E-state index contributed by atoms with van der Waals surface area (Å²) in [7, 11) is -5.74. The summed E-state index contributed by atoms with van der Waals surface area (Å²) in [5, 5.41) is 3.10. The standard InChI is InChI=1S/C28H30F2N5O6PS/c29-28(30,42(39,40)41)18-1-4-23-17(8-18)11-24(43-23)25(36)32-21-10-16-7-15(16)9-19-2-3-22(35(19)26(21)37)27(38)34-12-20(13-34)33-6-5-31-14-33/h1,4-6,8,11,14-16,19-22H,2-3,7,9-10,12-13H2,(H,32,36)(H2,39,40,41)/t15-,16+,19+,21-,22-/m0/s1. The highest BCUT2D eigenvalue weighted by Gasteiger charge is 2.53. The number of hydrogen-bond donors (Lipinski definition) is 3. The molecule has 0 unspecified atom stereocenters. The summed E-state index contributed by atoms with van der Waals surface area (Å²) in [5.74, 6) is -0.113. The monoisotopic (exact) mass is 633 g/mol. The Bertz CT molecular complexity index is 1650. The Morgan fingerprint density at radius 2 is 1.84 bits per heavy atom. The molecule has 3 saturated heterocycles. The van der Waals surface area contributed by atoms with Crippen LogP contribution >= 0.6 is 18.9 Å². The van der Waals surface area contributed by atoms with Gasteiger partial charge in [-0.05, 0) is 67.5 Å². The summed E-state index contributed by atoms with van der Waals surface area (Å²) < 4.78 is 42.3. The number of alkyl halides is 2. The van der Waals surface area contributed by atoms with Gasteiger partial charge in [-0.25, -0.2) is 4.98 Å². The maximum absolute atomic E-state index is 14.3. The molecule has 1 aromatic carbocycles. The molecule has 3 aromatic rings. The number of halogens is 2. The molecule has 228 valence electrons. The predicted molar refractivity (Wildman–Crippen MR) is 151 cm³/mol. The molecule has 11 nitrogen and oxygen atoms in total. The van der Waals surface area contributed by atoms with Crippen molar-refractivity contribution in [1.82, 2.24) is 24.7 Å². The molecule has 0 bridgehead atoms. The Morgan fingerprint density at radius 3 is 2.56 bits per heavy atom. The van der Waals surface area contributed by atoms with Gasteiger partial charge in [0.05, 0.1) is 17.2 Å². The van der Waals surface area contributed by atoms with Gasteiger partial charge in [-0.3, -0.25) is 18.9 Å². The number of rotatable bonds is 6. The fraction of sp³-hybridized carbons (Fsp3) is 0.500. The van der Waals surface area contributed by atoms with Crippen molar-refractivity contribution < 1.29 is 37.5 Å². The minimum absolute atomic E-state index is 0.0553. The second-order valence-electron chi connectivity index (χ2n) is 12.1. The van der Waals surface area contributed by atoms with Gasteiger partial charge in [0.25, 0.3) is 5.91 Å². The lowest BCUT2D eigenvalue weighted by atomic mass is 9.98. The molecule has 0 spiro atoms. The number of thiophene rings is 1. The molecule has 7 rings (SSSR count). The molecule has 15 heteroatoms. The van der Waals surface area contributed by atoms with E-state index in [1.165, 1.54) is 12.1 Å². The maximum atomic E-state index is 14.3. The first-order valence-corrected chi connectivity index (χ1v) is 16.7. The van der Waals surface area contributed by atoms with E-state index in [-0.39, 0.29) is 34.2 Å². The van der Waals surface area contributed by atoms with Gasteiger partial charge in [0.1, 0.15) is 12.1 Å². The van der Waals surface area contributed by atoms with Crippen LogP contribution in [0.5, 0.6) is 0 Å². The van der Waals surface area contributed by atoms with E-state index in [2.05, 4.69) is 10.3 Å². The molecule has 0 radical (unpaired) electrons. The van der Waals surface area contributed by atoms with Crippen LogP contribution in [0, 0.1) is 11.8 Å². The number of likely N-dealkylation sites (tertiary alicyclic amines) is 1. The molecule has 4 fully saturated rings. The zero-order chi connectivity index (χ0) is 30.3. The van der Waals surface area contributed by atoms with E-state index in [4.69, 9.17) is 9.79 Å².